The maximum absolute atomic E-state index is 8.89. The van der Waals surface area contributed by atoms with Gasteiger partial charge in [0.15, 0.2) is 29.1 Å². The van der Waals surface area contributed by atoms with Crippen molar-refractivity contribution in [2.24, 2.45) is 14.1 Å². The molecule has 105 heavy (non-hydrogen) atoms. The van der Waals surface area contributed by atoms with Crippen LogP contribution in [0.25, 0.3) is 27.6 Å². The Kier molecular flexibility index (Phi) is 34.5. The fourth-order valence-electron chi connectivity index (χ4n) is 11.1. The van der Waals surface area contributed by atoms with Gasteiger partial charge in [-0.25, -0.2) is 50.0 Å². The number of nitrogen functional groups attached to an aromatic ring is 5. The molecular formula is C76H123N28O+. The summed E-state index contributed by atoms with van der Waals surface area (Å²) in [5.41, 5.74) is 38.6. The topological polar surface area (TPSA) is 323 Å². The van der Waals surface area contributed by atoms with Crippen LogP contribution in [-0.2, 0) is 40.3 Å². The summed E-state index contributed by atoms with van der Waals surface area (Å²) in [5.74, 6) is 3.81. The molecule has 0 fully saturated rings. The molecule has 29 nitrogen and oxygen atoms in total. The predicted octanol–water partition coefficient (Wildman–Crippen LogP) is 8.66. The molecule has 13 rings (SSSR count). The van der Waals surface area contributed by atoms with E-state index in [1.807, 2.05) is 202 Å². The molecule has 0 spiro atoms. The number of nitrogens with two attached hydrogens (primary N) is 5. The zero-order valence-corrected chi connectivity index (χ0v) is 63.6. The second kappa shape index (κ2) is 41.9. The molecule has 29 heteroatoms. The smallest absolute Gasteiger partial charge is 0.243 e. The van der Waals surface area contributed by atoms with Crippen LogP contribution in [0.15, 0.2) is 178 Å². The number of aliphatic hydroxyl groups excluding tert-OH is 1. The SMILES string of the molecule is C.C[N+](C)(C)CCCCCNc1nn2ccccc2c1N.C[N+](C)(C)CCCCNc1nn2ccccc2c1N.C[n+]1ccn(CCCNc2nn3ccccc3c2N)c1.C[n+]1ccn(CCNc2nn3ccccc3c2N)c1.Nc1c(NCCC[n+]2ccn(CCO)c2)nn2ccccc12.[CH3-].[CH3-].[CH3-].[CH3-]. The van der Waals surface area contributed by atoms with Crippen LogP contribution in [0.2, 0.25) is 0 Å². The molecule has 0 radical (unpaired) electrons. The van der Waals surface area contributed by atoms with E-state index in [1.54, 1.807) is 13.5 Å². The van der Waals surface area contributed by atoms with Crippen LogP contribution in [0.4, 0.5) is 57.5 Å². The Balaban J connectivity index is 0.000000275. The molecule has 0 amide bonds. The number of unbranched alkanes of at least 4 members (excludes halogenated alkanes) is 3. The molecule has 0 saturated carbocycles. The summed E-state index contributed by atoms with van der Waals surface area (Å²) < 4.78 is 23.4. The van der Waals surface area contributed by atoms with Crippen molar-refractivity contribution in [3.8, 4) is 0 Å². The van der Waals surface area contributed by atoms with Crippen LogP contribution in [0.1, 0.15) is 52.4 Å². The van der Waals surface area contributed by atoms with E-state index >= 15 is 0 Å². The molecule has 0 unspecified atom stereocenters. The van der Waals surface area contributed by atoms with Gasteiger partial charge in [0.05, 0.1) is 123 Å². The van der Waals surface area contributed by atoms with Gasteiger partial charge in [-0.15, -0.1) is 25.5 Å². The van der Waals surface area contributed by atoms with Crippen LogP contribution in [0.3, 0.4) is 0 Å². The van der Waals surface area contributed by atoms with Crippen molar-refractivity contribution in [3.63, 3.8) is 0 Å². The Morgan fingerprint density at radius 1 is 0.362 bits per heavy atom. The number of hydrogen-bond donors (Lipinski definition) is 11. The first-order valence-corrected chi connectivity index (χ1v) is 34.3. The van der Waals surface area contributed by atoms with Crippen molar-refractivity contribution in [1.82, 2.24) is 61.8 Å². The molecular weight excluding hydrogens is 1320 g/mol. The quantitative estimate of drug-likeness (QED) is 0.00904. The molecule has 0 aromatic carbocycles. The minimum Gasteiger partial charge on any atom is -0.394 e. The monoisotopic (exact) mass is 1440 g/mol. The zero-order valence-electron chi connectivity index (χ0n) is 63.6. The van der Waals surface area contributed by atoms with Gasteiger partial charge in [0.2, 0.25) is 19.0 Å². The maximum Gasteiger partial charge on any atom is 0.243 e. The molecule has 0 aliphatic carbocycles. The summed E-state index contributed by atoms with van der Waals surface area (Å²) >= 11 is 0. The van der Waals surface area contributed by atoms with Crippen molar-refractivity contribution in [2.45, 2.75) is 78.6 Å². The van der Waals surface area contributed by atoms with Crippen LogP contribution in [-0.4, -0.2) is 171 Å². The lowest BCUT2D eigenvalue weighted by Gasteiger charge is -2.23. The first-order valence-electron chi connectivity index (χ1n) is 34.3. The Bertz CT molecular complexity index is 4590. The normalized spacial score (nSPS) is 10.9. The van der Waals surface area contributed by atoms with E-state index in [4.69, 9.17) is 33.8 Å². The van der Waals surface area contributed by atoms with Gasteiger partial charge in [0.1, 0.15) is 78.7 Å². The highest BCUT2D eigenvalue weighted by atomic mass is 16.3. The van der Waals surface area contributed by atoms with Gasteiger partial charge in [-0.05, 0) is 92.8 Å². The summed E-state index contributed by atoms with van der Waals surface area (Å²) in [6, 6.07) is 29.3. The van der Waals surface area contributed by atoms with Crippen molar-refractivity contribution in [1.29, 1.82) is 0 Å². The number of fused-ring (bicyclic) bond motifs is 5. The number of quaternary nitrogens is 2. The maximum atomic E-state index is 8.89. The predicted molar refractivity (Wildman–Crippen MR) is 434 cm³/mol. The van der Waals surface area contributed by atoms with E-state index in [9.17, 15) is 0 Å². The Hall–Kier alpha value is -11.0. The third-order valence-electron chi connectivity index (χ3n) is 16.4. The number of aromatic nitrogens is 16. The molecule has 13 aromatic rings. The van der Waals surface area contributed by atoms with Crippen LogP contribution in [0, 0.1) is 29.7 Å². The van der Waals surface area contributed by atoms with Gasteiger partial charge in [-0.3, -0.25) is 0 Å². The van der Waals surface area contributed by atoms with Crippen molar-refractivity contribution >= 4 is 85.1 Å². The third kappa shape index (κ3) is 25.7. The summed E-state index contributed by atoms with van der Waals surface area (Å²) in [7, 11) is 17.4. The van der Waals surface area contributed by atoms with Crippen molar-refractivity contribution in [2.75, 3.05) is 150 Å². The minimum atomic E-state index is 0. The van der Waals surface area contributed by atoms with Crippen LogP contribution in [0.5, 0.6) is 0 Å². The lowest BCUT2D eigenvalue weighted by molar-refractivity contribution is -0.870. The highest BCUT2D eigenvalue weighted by Crippen LogP contribution is 2.27. The molecule has 0 bridgehead atoms. The Morgan fingerprint density at radius 3 is 1.00 bits per heavy atom. The van der Waals surface area contributed by atoms with E-state index in [2.05, 4.69) is 121 Å². The van der Waals surface area contributed by atoms with Gasteiger partial charge in [0, 0.05) is 70.0 Å². The van der Waals surface area contributed by atoms with Gasteiger partial charge in [0.25, 0.3) is 0 Å². The van der Waals surface area contributed by atoms with E-state index < -0.39 is 0 Å². The van der Waals surface area contributed by atoms with Crippen LogP contribution >= 0.6 is 0 Å². The van der Waals surface area contributed by atoms with Crippen molar-refractivity contribution in [3.05, 3.63) is 208 Å². The number of pyridine rings is 5. The average molecular weight is 1450 g/mol. The molecule has 0 aliphatic heterocycles. The molecule has 572 valence electrons. The summed E-state index contributed by atoms with van der Waals surface area (Å²) in [6.07, 6.45) is 35.7. The van der Waals surface area contributed by atoms with E-state index in [1.165, 1.54) is 32.4 Å². The minimum absolute atomic E-state index is 0. The van der Waals surface area contributed by atoms with E-state index in [0.717, 1.165) is 155 Å². The van der Waals surface area contributed by atoms with Crippen molar-refractivity contribution < 1.29 is 27.8 Å². The standard InChI is InChI=1S/C15H21N6O.C15H26N5.C14H19N6.C14H24N5.C13H17N6.CH4.4CH3/c16-14-13-4-1-2-7-21(13)18-15(14)17-5-3-6-19-8-9-20(12-19)10-11-22;1-20(2,3)12-8-4-6-10-17-15-14(16)13-9-5-7-11-19(13)18-15;1-18-9-10-19(11-18)7-4-6-16-14-13(15)12-5-2-3-8-20(12)17-14;1-19(2,3)11-7-5-9-16-14-13(15)12-8-4-6-10-18(12)17-14;1-17-8-9-18(10-17)7-5-15-13-12(14)11-4-2-3-6-19(11)16-13;;;;;/h1-2,4,7-9,12,22H,3,5-6,10-11,16H2,(H,17,18);5,7,9,11H,4,6,8,10,12,16H2,1-3H3,(H,17,18);2-3,5,8-11H,4,6-7,15H2,1H3,(H,16,17);4,6,8,10H,5,7,9,11,15H2,1-3H3,(H,16,17);2-4,6,8-10H,5,7,14H2,1H3,(H,15,16);1H4;4*1H3/q5*+1;;4*-1. The fraction of sp³-hybridized carbons (Fsp3) is 0.368. The van der Waals surface area contributed by atoms with Crippen LogP contribution < -0.4 is 69.0 Å². The number of nitrogens with zero attached hydrogens (tertiary/aromatic N) is 18. The number of aryl methyl sites for hydroxylation is 4. The van der Waals surface area contributed by atoms with Gasteiger partial charge < -0.3 is 99.0 Å². The Labute approximate surface area is 622 Å². The molecule has 13 aromatic heterocycles. The first kappa shape index (κ1) is 86.4. The number of nitrogens with one attached hydrogen (secondary N) is 5. The van der Waals surface area contributed by atoms with Gasteiger partial charge in [-0.1, -0.05) is 37.8 Å². The van der Waals surface area contributed by atoms with E-state index in [-0.39, 0.29) is 43.7 Å². The average Bonchev–Trinajstić information content (AvgIpc) is 1.70. The van der Waals surface area contributed by atoms with E-state index in [0.29, 0.717) is 23.6 Å². The Morgan fingerprint density at radius 2 is 0.667 bits per heavy atom. The summed E-state index contributed by atoms with van der Waals surface area (Å²) in [6.45, 7) is 10.2. The summed E-state index contributed by atoms with van der Waals surface area (Å²) in [5, 5.41) is 47.6. The van der Waals surface area contributed by atoms with Gasteiger partial charge in [-0.2, -0.15) is 0 Å². The molecule has 0 saturated heterocycles. The molecule has 13 heterocycles. The lowest BCUT2D eigenvalue weighted by Crippen LogP contribution is -2.35. The summed E-state index contributed by atoms with van der Waals surface area (Å²) in [4.78, 5) is 0. The molecule has 0 atom stereocenters. The lowest BCUT2D eigenvalue weighted by atomic mass is 10.2. The fourth-order valence-corrected chi connectivity index (χ4v) is 11.1. The first-order chi connectivity index (χ1) is 48.2. The third-order valence-corrected chi connectivity index (χ3v) is 16.4. The number of hydrogen-bond acceptors (Lipinski definition) is 16. The second-order valence-corrected chi connectivity index (χ2v) is 26.8. The number of aliphatic hydroxyl groups is 1. The molecule has 16 N–H and O–H groups in total. The largest absolute Gasteiger partial charge is 0.394 e. The second-order valence-electron chi connectivity index (χ2n) is 26.8. The highest BCUT2D eigenvalue weighted by Gasteiger charge is 2.15. The number of anilines is 10. The molecule has 0 aliphatic rings. The number of imidazole rings is 3. The zero-order chi connectivity index (χ0) is 71.0. The highest BCUT2D eigenvalue weighted by molar-refractivity contribution is 5.83. The number of rotatable bonds is 29. The van der Waals surface area contributed by atoms with Gasteiger partial charge >= 0.3 is 0 Å².